The highest BCUT2D eigenvalue weighted by Crippen LogP contribution is 2.24. The molecule has 1 aromatic carbocycles. The van der Waals surface area contributed by atoms with Crippen LogP contribution in [0, 0.1) is 0 Å². The minimum atomic E-state index is -0.247. The number of urea groups is 1. The normalized spacial score (nSPS) is 15.3. The molecule has 3 N–H and O–H groups in total. The second-order valence-electron chi connectivity index (χ2n) is 7.63. The summed E-state index contributed by atoms with van der Waals surface area (Å²) in [6, 6.07) is 7.66. The molecular weight excluding hydrogens is 328 g/mol. The molecular formula is C20H30N4O2. The highest BCUT2D eigenvalue weighted by molar-refractivity contribution is 5.99. The third kappa shape index (κ3) is 5.79. The Morgan fingerprint density at radius 1 is 1.23 bits per heavy atom. The van der Waals surface area contributed by atoms with Gasteiger partial charge in [-0.15, -0.1) is 6.58 Å². The van der Waals surface area contributed by atoms with Crippen molar-refractivity contribution in [1.29, 1.82) is 0 Å². The fourth-order valence-electron chi connectivity index (χ4n) is 3.03. The number of carbonyl (C=O) groups excluding carboxylic acids is 2. The number of nitrogens with zero attached hydrogens (tertiary/aromatic N) is 1. The number of nitrogens with one attached hydrogen (secondary N) is 3. The Hall–Kier alpha value is -2.50. The van der Waals surface area contributed by atoms with Crippen molar-refractivity contribution >= 4 is 17.6 Å². The van der Waals surface area contributed by atoms with Crippen molar-refractivity contribution in [2.24, 2.45) is 0 Å². The Balaban J connectivity index is 1.95. The molecule has 1 aliphatic heterocycles. The van der Waals surface area contributed by atoms with Gasteiger partial charge in [0.15, 0.2) is 0 Å². The van der Waals surface area contributed by atoms with Gasteiger partial charge in [0, 0.05) is 36.9 Å². The molecule has 0 radical (unpaired) electrons. The van der Waals surface area contributed by atoms with Crippen LogP contribution in [0.4, 0.5) is 10.5 Å². The summed E-state index contributed by atoms with van der Waals surface area (Å²) in [5.74, 6) is -0.0923. The van der Waals surface area contributed by atoms with E-state index in [1.165, 1.54) is 0 Å². The van der Waals surface area contributed by atoms with Crippen molar-refractivity contribution in [2.75, 3.05) is 24.5 Å². The first kappa shape index (κ1) is 19.8. The number of hydrogen-bond donors (Lipinski definition) is 3. The summed E-state index contributed by atoms with van der Waals surface area (Å²) in [4.78, 5) is 26.6. The predicted octanol–water partition coefficient (Wildman–Crippen LogP) is 2.67. The summed E-state index contributed by atoms with van der Waals surface area (Å²) in [6.07, 6.45) is 3.36. The molecule has 3 amide bonds. The summed E-state index contributed by atoms with van der Waals surface area (Å²) in [6.45, 7) is 11.6. The minimum absolute atomic E-state index is 0.0923. The second-order valence-corrected chi connectivity index (χ2v) is 7.63. The van der Waals surface area contributed by atoms with Crippen molar-refractivity contribution in [3.8, 4) is 0 Å². The molecule has 1 aliphatic rings. The van der Waals surface area contributed by atoms with Crippen molar-refractivity contribution in [2.45, 2.75) is 45.2 Å². The SMILES string of the molecule is C=CCNC(=O)c1ccccc1N1CCC(NC(=O)NC(C)(C)C)CC1. The van der Waals surface area contributed by atoms with Gasteiger partial charge in [0.2, 0.25) is 0 Å². The molecule has 0 atom stereocenters. The lowest BCUT2D eigenvalue weighted by Crippen LogP contribution is -2.52. The van der Waals surface area contributed by atoms with Crippen molar-refractivity contribution in [3.63, 3.8) is 0 Å². The lowest BCUT2D eigenvalue weighted by molar-refractivity contribution is 0.0958. The fraction of sp³-hybridized carbons (Fsp3) is 0.500. The lowest BCUT2D eigenvalue weighted by atomic mass is 10.0. The summed E-state index contributed by atoms with van der Waals surface area (Å²) in [5, 5.41) is 8.81. The van der Waals surface area contributed by atoms with Crippen LogP contribution in [-0.2, 0) is 0 Å². The quantitative estimate of drug-likeness (QED) is 0.709. The van der Waals surface area contributed by atoms with Crippen LogP contribution < -0.4 is 20.9 Å². The van der Waals surface area contributed by atoms with Gasteiger partial charge >= 0.3 is 6.03 Å². The fourth-order valence-corrected chi connectivity index (χ4v) is 3.03. The molecule has 1 heterocycles. The maximum Gasteiger partial charge on any atom is 0.315 e. The molecule has 6 nitrogen and oxygen atoms in total. The van der Waals surface area contributed by atoms with E-state index >= 15 is 0 Å². The molecule has 6 heteroatoms. The number of para-hydroxylation sites is 1. The van der Waals surface area contributed by atoms with Gasteiger partial charge in [-0.3, -0.25) is 4.79 Å². The molecule has 2 rings (SSSR count). The standard InChI is InChI=1S/C20H30N4O2/c1-5-12-21-18(25)16-8-6-7-9-17(16)24-13-10-15(11-14-24)22-19(26)23-20(2,3)4/h5-9,15H,1,10-14H2,2-4H3,(H,21,25)(H2,22,23,26). The molecule has 1 aromatic rings. The Morgan fingerprint density at radius 3 is 2.50 bits per heavy atom. The average molecular weight is 358 g/mol. The molecule has 0 unspecified atom stereocenters. The van der Waals surface area contributed by atoms with Crippen LogP contribution in [0.3, 0.4) is 0 Å². The van der Waals surface area contributed by atoms with Gasteiger partial charge in [-0.25, -0.2) is 4.79 Å². The first-order chi connectivity index (χ1) is 12.3. The molecule has 1 saturated heterocycles. The van der Waals surface area contributed by atoms with E-state index in [2.05, 4.69) is 27.4 Å². The zero-order valence-corrected chi connectivity index (χ0v) is 16.0. The Kier molecular flexibility index (Phi) is 6.66. The van der Waals surface area contributed by atoms with Crippen molar-refractivity contribution in [3.05, 3.63) is 42.5 Å². The number of piperidine rings is 1. The van der Waals surface area contributed by atoms with Gasteiger partial charge in [-0.1, -0.05) is 18.2 Å². The molecule has 1 fully saturated rings. The third-order valence-electron chi connectivity index (χ3n) is 4.22. The number of carbonyl (C=O) groups is 2. The van der Waals surface area contributed by atoms with E-state index in [9.17, 15) is 9.59 Å². The molecule has 0 spiro atoms. The number of benzene rings is 1. The topological polar surface area (TPSA) is 73.5 Å². The number of rotatable bonds is 5. The monoisotopic (exact) mass is 358 g/mol. The van der Waals surface area contributed by atoms with E-state index in [0.717, 1.165) is 31.6 Å². The molecule has 0 bridgehead atoms. The molecule has 0 saturated carbocycles. The van der Waals surface area contributed by atoms with E-state index in [4.69, 9.17) is 0 Å². The van der Waals surface area contributed by atoms with E-state index in [-0.39, 0.29) is 23.5 Å². The Morgan fingerprint density at radius 2 is 1.88 bits per heavy atom. The maximum atomic E-state index is 12.4. The van der Waals surface area contributed by atoms with Gasteiger partial charge in [0.05, 0.1) is 5.56 Å². The highest BCUT2D eigenvalue weighted by atomic mass is 16.2. The van der Waals surface area contributed by atoms with Crippen LogP contribution in [0.2, 0.25) is 0 Å². The Bertz CT molecular complexity index is 643. The van der Waals surface area contributed by atoms with Gasteiger partial charge in [-0.05, 0) is 45.7 Å². The largest absolute Gasteiger partial charge is 0.371 e. The first-order valence-corrected chi connectivity index (χ1v) is 9.12. The summed E-state index contributed by atoms with van der Waals surface area (Å²) < 4.78 is 0. The summed E-state index contributed by atoms with van der Waals surface area (Å²) in [7, 11) is 0. The average Bonchev–Trinajstić information content (AvgIpc) is 2.58. The van der Waals surface area contributed by atoms with Crippen LogP contribution in [0.15, 0.2) is 36.9 Å². The minimum Gasteiger partial charge on any atom is -0.371 e. The zero-order valence-electron chi connectivity index (χ0n) is 16.0. The van der Waals surface area contributed by atoms with Crippen LogP contribution >= 0.6 is 0 Å². The van der Waals surface area contributed by atoms with Crippen LogP contribution in [0.1, 0.15) is 44.0 Å². The van der Waals surface area contributed by atoms with Gasteiger partial charge in [0.25, 0.3) is 5.91 Å². The second kappa shape index (κ2) is 8.74. The predicted molar refractivity (Wildman–Crippen MR) is 106 cm³/mol. The number of hydrogen-bond acceptors (Lipinski definition) is 3. The molecule has 0 aliphatic carbocycles. The van der Waals surface area contributed by atoms with E-state index < -0.39 is 0 Å². The van der Waals surface area contributed by atoms with Gasteiger partial charge < -0.3 is 20.9 Å². The van der Waals surface area contributed by atoms with Crippen LogP contribution in [0.5, 0.6) is 0 Å². The first-order valence-electron chi connectivity index (χ1n) is 9.12. The van der Waals surface area contributed by atoms with E-state index in [0.29, 0.717) is 12.1 Å². The van der Waals surface area contributed by atoms with Crippen molar-refractivity contribution in [1.82, 2.24) is 16.0 Å². The number of amides is 3. The smallest absolute Gasteiger partial charge is 0.315 e. The Labute approximate surface area is 156 Å². The lowest BCUT2D eigenvalue weighted by Gasteiger charge is -2.35. The summed E-state index contributed by atoms with van der Waals surface area (Å²) >= 11 is 0. The maximum absolute atomic E-state index is 12.4. The van der Waals surface area contributed by atoms with E-state index in [1.54, 1.807) is 6.08 Å². The zero-order chi connectivity index (χ0) is 19.2. The van der Waals surface area contributed by atoms with Gasteiger partial charge in [0.1, 0.15) is 0 Å². The van der Waals surface area contributed by atoms with Crippen LogP contribution in [0.25, 0.3) is 0 Å². The molecule has 142 valence electrons. The van der Waals surface area contributed by atoms with E-state index in [1.807, 2.05) is 45.0 Å². The van der Waals surface area contributed by atoms with Crippen molar-refractivity contribution < 1.29 is 9.59 Å². The summed E-state index contributed by atoms with van der Waals surface area (Å²) in [5.41, 5.74) is 1.36. The van der Waals surface area contributed by atoms with Crippen LogP contribution in [-0.4, -0.2) is 43.2 Å². The third-order valence-corrected chi connectivity index (χ3v) is 4.22. The molecule has 26 heavy (non-hydrogen) atoms. The highest BCUT2D eigenvalue weighted by Gasteiger charge is 2.24. The molecule has 0 aromatic heterocycles. The number of anilines is 1. The van der Waals surface area contributed by atoms with Gasteiger partial charge in [-0.2, -0.15) is 0 Å².